The predicted molar refractivity (Wildman–Crippen MR) is 89.7 cm³/mol. The van der Waals surface area contributed by atoms with Crippen LogP contribution in [0.4, 0.5) is 0 Å². The number of nitrogens with zero attached hydrogens (tertiary/aromatic N) is 4. The Hall–Kier alpha value is -2.57. The molecule has 3 atom stereocenters. The lowest BCUT2D eigenvalue weighted by molar-refractivity contribution is -0.132. The quantitative estimate of drug-likeness (QED) is 0.850. The molecule has 2 aromatic heterocycles. The van der Waals surface area contributed by atoms with Crippen LogP contribution < -0.4 is 0 Å². The molecule has 4 rings (SSSR count). The maximum Gasteiger partial charge on any atom is 0.289 e. The molecule has 2 fully saturated rings. The van der Waals surface area contributed by atoms with Crippen molar-refractivity contribution >= 4 is 11.8 Å². The van der Waals surface area contributed by atoms with Gasteiger partial charge in [0.1, 0.15) is 0 Å². The van der Waals surface area contributed by atoms with E-state index < -0.39 is 0 Å². The lowest BCUT2D eigenvalue weighted by Crippen LogP contribution is -2.50. The number of hydrogen-bond acceptors (Lipinski definition) is 4. The number of aromatic nitrogens is 2. The van der Waals surface area contributed by atoms with Gasteiger partial charge in [0, 0.05) is 38.4 Å². The summed E-state index contributed by atoms with van der Waals surface area (Å²) in [5.41, 5.74) is 0. The Morgan fingerprint density at radius 2 is 2.24 bits per heavy atom. The molecule has 2 saturated heterocycles. The SMILES string of the molecule is CC(=O)N1C(Cn2cccn2)CC2CN(C(=O)c3ccco3)CCC21. The minimum absolute atomic E-state index is 0.0617. The topological polar surface area (TPSA) is 71.6 Å². The average molecular weight is 342 g/mol. The van der Waals surface area contributed by atoms with E-state index in [1.165, 1.54) is 6.26 Å². The Balaban J connectivity index is 1.49. The highest BCUT2D eigenvalue weighted by molar-refractivity contribution is 5.91. The summed E-state index contributed by atoms with van der Waals surface area (Å²) in [6.07, 6.45) is 6.91. The van der Waals surface area contributed by atoms with Crippen LogP contribution in [0.3, 0.4) is 0 Å². The molecule has 0 spiro atoms. The Labute approximate surface area is 146 Å². The molecule has 25 heavy (non-hydrogen) atoms. The third-order valence-electron chi connectivity index (χ3n) is 5.36. The Kier molecular flexibility index (Phi) is 4.07. The zero-order valence-corrected chi connectivity index (χ0v) is 14.2. The van der Waals surface area contributed by atoms with Gasteiger partial charge in [-0.2, -0.15) is 5.10 Å². The van der Waals surface area contributed by atoms with Crippen molar-refractivity contribution in [2.45, 2.75) is 38.4 Å². The van der Waals surface area contributed by atoms with Crippen molar-refractivity contribution in [3.8, 4) is 0 Å². The van der Waals surface area contributed by atoms with Gasteiger partial charge in [0.2, 0.25) is 5.91 Å². The van der Waals surface area contributed by atoms with Gasteiger partial charge in [-0.15, -0.1) is 0 Å². The third-order valence-corrected chi connectivity index (χ3v) is 5.36. The van der Waals surface area contributed by atoms with Crippen molar-refractivity contribution < 1.29 is 14.0 Å². The summed E-state index contributed by atoms with van der Waals surface area (Å²) in [5.74, 6) is 0.730. The van der Waals surface area contributed by atoms with Gasteiger partial charge in [-0.3, -0.25) is 14.3 Å². The maximum absolute atomic E-state index is 12.5. The second-order valence-corrected chi connectivity index (χ2v) is 6.89. The van der Waals surface area contributed by atoms with Crippen LogP contribution in [0.5, 0.6) is 0 Å². The molecule has 0 bridgehead atoms. The Morgan fingerprint density at radius 1 is 1.36 bits per heavy atom. The Bertz CT molecular complexity index is 740. The minimum Gasteiger partial charge on any atom is -0.459 e. The Morgan fingerprint density at radius 3 is 2.92 bits per heavy atom. The van der Waals surface area contributed by atoms with Crippen LogP contribution in [-0.4, -0.2) is 56.6 Å². The van der Waals surface area contributed by atoms with E-state index in [-0.39, 0.29) is 23.9 Å². The molecule has 132 valence electrons. The number of fused-ring (bicyclic) bond motifs is 1. The van der Waals surface area contributed by atoms with Crippen molar-refractivity contribution in [2.75, 3.05) is 13.1 Å². The number of carbonyl (C=O) groups excluding carboxylic acids is 2. The highest BCUT2D eigenvalue weighted by Gasteiger charge is 2.46. The summed E-state index contributed by atoms with van der Waals surface area (Å²) in [5, 5.41) is 4.27. The van der Waals surface area contributed by atoms with Crippen LogP contribution in [0.15, 0.2) is 41.3 Å². The van der Waals surface area contributed by atoms with Crippen LogP contribution >= 0.6 is 0 Å². The molecule has 0 saturated carbocycles. The van der Waals surface area contributed by atoms with Crippen LogP contribution in [0.1, 0.15) is 30.3 Å². The van der Waals surface area contributed by atoms with E-state index in [4.69, 9.17) is 4.42 Å². The van der Waals surface area contributed by atoms with Crippen LogP contribution in [0, 0.1) is 5.92 Å². The number of hydrogen-bond donors (Lipinski definition) is 0. The normalized spacial score (nSPS) is 25.9. The summed E-state index contributed by atoms with van der Waals surface area (Å²) >= 11 is 0. The number of likely N-dealkylation sites (tertiary alicyclic amines) is 2. The fourth-order valence-corrected chi connectivity index (χ4v) is 4.37. The smallest absolute Gasteiger partial charge is 0.289 e. The van der Waals surface area contributed by atoms with Gasteiger partial charge in [0.25, 0.3) is 5.91 Å². The highest BCUT2D eigenvalue weighted by atomic mass is 16.3. The standard InChI is InChI=1S/C18H22N4O3/c1-13(23)22-15(12-21-7-3-6-19-21)10-14-11-20(8-5-16(14)22)18(24)17-4-2-9-25-17/h2-4,6-7,9,14-16H,5,8,10-12H2,1H3. The van der Waals surface area contributed by atoms with Gasteiger partial charge < -0.3 is 14.2 Å². The van der Waals surface area contributed by atoms with Gasteiger partial charge >= 0.3 is 0 Å². The molecule has 2 aromatic rings. The first-order valence-corrected chi connectivity index (χ1v) is 8.72. The fourth-order valence-electron chi connectivity index (χ4n) is 4.37. The van der Waals surface area contributed by atoms with Crippen molar-refractivity contribution in [1.29, 1.82) is 0 Å². The van der Waals surface area contributed by atoms with Crippen LogP contribution in [-0.2, 0) is 11.3 Å². The molecule has 0 N–H and O–H groups in total. The van der Waals surface area contributed by atoms with Crippen molar-refractivity contribution in [2.24, 2.45) is 5.92 Å². The lowest BCUT2D eigenvalue weighted by Gasteiger charge is -2.38. The molecule has 2 amide bonds. The van der Waals surface area contributed by atoms with Crippen LogP contribution in [0.25, 0.3) is 0 Å². The van der Waals surface area contributed by atoms with Crippen molar-refractivity contribution in [3.05, 3.63) is 42.6 Å². The van der Waals surface area contributed by atoms with Gasteiger partial charge in [0.05, 0.1) is 18.8 Å². The van der Waals surface area contributed by atoms with E-state index in [1.807, 2.05) is 26.7 Å². The predicted octanol–water partition coefficient (Wildman–Crippen LogP) is 1.63. The molecule has 0 radical (unpaired) electrons. The van der Waals surface area contributed by atoms with Crippen LogP contribution in [0.2, 0.25) is 0 Å². The molecule has 2 aliphatic heterocycles. The van der Waals surface area contributed by atoms with Gasteiger partial charge in [-0.05, 0) is 37.0 Å². The maximum atomic E-state index is 12.5. The van der Waals surface area contributed by atoms with Gasteiger partial charge in [-0.25, -0.2) is 0 Å². The molecule has 7 nitrogen and oxygen atoms in total. The summed E-state index contributed by atoms with van der Waals surface area (Å²) in [4.78, 5) is 28.7. The summed E-state index contributed by atoms with van der Waals surface area (Å²) in [7, 11) is 0. The largest absolute Gasteiger partial charge is 0.459 e. The number of carbonyl (C=O) groups is 2. The summed E-state index contributed by atoms with van der Waals surface area (Å²) in [6.45, 7) is 3.66. The van der Waals surface area contributed by atoms with E-state index in [0.29, 0.717) is 31.3 Å². The molecule has 0 aromatic carbocycles. The number of amides is 2. The molecule has 2 aliphatic rings. The number of piperidine rings is 1. The second kappa shape index (κ2) is 6.38. The monoisotopic (exact) mass is 342 g/mol. The number of rotatable bonds is 3. The van der Waals surface area contributed by atoms with Crippen molar-refractivity contribution in [3.63, 3.8) is 0 Å². The highest BCUT2D eigenvalue weighted by Crippen LogP contribution is 2.36. The van der Waals surface area contributed by atoms with E-state index in [9.17, 15) is 9.59 Å². The van der Waals surface area contributed by atoms with E-state index in [1.54, 1.807) is 25.3 Å². The number of furan rings is 1. The first-order valence-electron chi connectivity index (χ1n) is 8.72. The fraction of sp³-hybridized carbons (Fsp3) is 0.500. The first-order chi connectivity index (χ1) is 12.1. The average Bonchev–Trinajstić information content (AvgIpc) is 3.34. The van der Waals surface area contributed by atoms with E-state index in [0.717, 1.165) is 12.8 Å². The summed E-state index contributed by atoms with van der Waals surface area (Å²) < 4.78 is 7.12. The minimum atomic E-state index is -0.0617. The van der Waals surface area contributed by atoms with E-state index >= 15 is 0 Å². The molecule has 3 unspecified atom stereocenters. The van der Waals surface area contributed by atoms with E-state index in [2.05, 4.69) is 5.10 Å². The molecular formula is C18H22N4O3. The zero-order chi connectivity index (χ0) is 17.4. The van der Waals surface area contributed by atoms with Gasteiger partial charge in [0.15, 0.2) is 5.76 Å². The van der Waals surface area contributed by atoms with Gasteiger partial charge in [-0.1, -0.05) is 0 Å². The lowest BCUT2D eigenvalue weighted by atomic mass is 9.92. The first kappa shape index (κ1) is 15.9. The third kappa shape index (κ3) is 2.94. The molecule has 0 aliphatic carbocycles. The molecular weight excluding hydrogens is 320 g/mol. The second-order valence-electron chi connectivity index (χ2n) is 6.89. The zero-order valence-electron chi connectivity index (χ0n) is 14.2. The van der Waals surface area contributed by atoms with Crippen molar-refractivity contribution in [1.82, 2.24) is 19.6 Å². The molecule has 4 heterocycles. The summed E-state index contributed by atoms with van der Waals surface area (Å²) in [6, 6.07) is 5.66. The molecule has 7 heteroatoms.